The normalized spacial score (nSPS) is 20.6. The lowest BCUT2D eigenvalue weighted by atomic mass is 10.2. The van der Waals surface area contributed by atoms with Gasteiger partial charge in [-0.15, -0.1) is 80.2 Å². The smallest absolute Gasteiger partial charge is 0.319 e. The number of hydrogen-bond acceptors (Lipinski definition) is 21. The summed E-state index contributed by atoms with van der Waals surface area (Å²) in [5.74, 6) is 2.41. The summed E-state index contributed by atoms with van der Waals surface area (Å²) in [6.45, 7) is 12.6. The molecule has 0 saturated carbocycles. The van der Waals surface area contributed by atoms with E-state index in [9.17, 15) is 24.4 Å². The van der Waals surface area contributed by atoms with Crippen LogP contribution in [-0.2, 0) is 9.68 Å². The van der Waals surface area contributed by atoms with E-state index in [4.69, 9.17) is 16.1 Å². The second-order valence-electron chi connectivity index (χ2n) is 18.9. The van der Waals surface area contributed by atoms with Crippen LogP contribution in [0.25, 0.3) is 49.2 Å². The SMILES string of the molecule is C#Cc1nccs1.C=CCON1C(=O)N2CC(I)=CC1C2.C=CCON1C(=O)N2CC(n3cc(-c4nccs4)nn3)=CC1C2.CN1C(=O)N2CC(n3cc(-c4nccs4)nn3)=CC1C2.O=C1N2CC(n3cc(-c4nccs4)nn3)=CC(C2)N1O. The number of likely N-dealkylation sites (N-methyl/N-ethyl adjacent to an activating group) is 1. The Morgan fingerprint density at radius 3 is 1.40 bits per heavy atom. The molecule has 0 radical (unpaired) electrons. The Morgan fingerprint density at radius 1 is 0.583 bits per heavy atom. The van der Waals surface area contributed by atoms with Crippen LogP contribution >= 0.6 is 67.9 Å². The minimum absolute atomic E-state index is 0.0419. The maximum absolute atomic E-state index is 12.3. The molecule has 8 aliphatic heterocycles. The summed E-state index contributed by atoms with van der Waals surface area (Å²) < 4.78 is 6.25. The lowest BCUT2D eigenvalue weighted by Gasteiger charge is -2.20. The second-order valence-corrected chi connectivity index (χ2v) is 23.9. The van der Waals surface area contributed by atoms with Crippen LogP contribution in [0, 0.1) is 12.3 Å². The van der Waals surface area contributed by atoms with E-state index in [0.717, 1.165) is 66.7 Å². The van der Waals surface area contributed by atoms with Crippen LogP contribution < -0.4 is 0 Å². The molecule has 0 aliphatic carbocycles. The minimum atomic E-state index is -0.374. The molecule has 432 valence electrons. The van der Waals surface area contributed by atoms with Crippen LogP contribution in [-0.4, -0.2) is 231 Å². The highest BCUT2D eigenvalue weighted by Gasteiger charge is 2.43. The highest BCUT2D eigenvalue weighted by atomic mass is 127. The molecule has 7 aromatic heterocycles. The first-order valence-electron chi connectivity index (χ1n) is 25.6. The number of fused-ring (bicyclic) bond motifs is 8. The van der Waals surface area contributed by atoms with E-state index >= 15 is 0 Å². The van der Waals surface area contributed by atoms with Gasteiger partial charge in [0.2, 0.25) is 0 Å². The van der Waals surface area contributed by atoms with E-state index < -0.39 is 0 Å². The van der Waals surface area contributed by atoms with Crippen LogP contribution in [0.4, 0.5) is 19.2 Å². The van der Waals surface area contributed by atoms with Gasteiger partial charge < -0.3 is 24.5 Å². The van der Waals surface area contributed by atoms with Crippen molar-refractivity contribution in [2.45, 2.75) is 24.2 Å². The maximum atomic E-state index is 12.3. The van der Waals surface area contributed by atoms with Crippen molar-refractivity contribution in [3.63, 3.8) is 0 Å². The molecule has 15 heterocycles. The molecule has 4 saturated heterocycles. The molecule has 4 fully saturated rings. The summed E-state index contributed by atoms with van der Waals surface area (Å²) >= 11 is 8.26. The van der Waals surface area contributed by atoms with Gasteiger partial charge in [0.15, 0.2) is 5.01 Å². The van der Waals surface area contributed by atoms with E-state index in [1.165, 1.54) is 59.1 Å². The predicted molar refractivity (Wildman–Crippen MR) is 319 cm³/mol. The topological polar surface area (TPSA) is 277 Å². The highest BCUT2D eigenvalue weighted by Crippen LogP contribution is 2.31. The molecule has 4 unspecified atom stereocenters. The predicted octanol–water partition coefficient (Wildman–Crippen LogP) is 5.89. The molecule has 8 aliphatic rings. The van der Waals surface area contributed by atoms with E-state index in [1.807, 2.05) is 58.0 Å². The average Bonchev–Trinajstić information content (AvgIpc) is 4.34. The molecule has 0 aromatic carbocycles. The molecular formula is C51H50IN21O7S4. The monoisotopic (exact) mass is 1320 g/mol. The Balaban J connectivity index is 0.000000114. The third-order valence-electron chi connectivity index (χ3n) is 13.5. The first kappa shape index (κ1) is 57.4. The molecule has 1 N–H and O–H groups in total. The molecule has 8 amide bonds. The number of hydroxylamine groups is 6. The summed E-state index contributed by atoms with van der Waals surface area (Å²) in [7, 11) is 1.83. The van der Waals surface area contributed by atoms with Gasteiger partial charge in [-0.1, -0.05) is 27.8 Å². The number of halogens is 1. The number of thiazole rings is 4. The second kappa shape index (κ2) is 25.6. The van der Waals surface area contributed by atoms with Gasteiger partial charge in [0.1, 0.15) is 32.1 Å². The third-order valence-corrected chi connectivity index (χ3v) is 17.3. The largest absolute Gasteiger partial charge is 0.345 e. The quantitative estimate of drug-likeness (QED) is 0.0646. The molecule has 4 atom stereocenters. The zero-order valence-electron chi connectivity index (χ0n) is 44.5. The van der Waals surface area contributed by atoms with Gasteiger partial charge in [-0.2, -0.15) is 15.2 Å². The summed E-state index contributed by atoms with van der Waals surface area (Å²) in [5, 5.41) is 48.7. The average molecular weight is 1320 g/mol. The van der Waals surface area contributed by atoms with Crippen LogP contribution in [0.2, 0.25) is 0 Å². The van der Waals surface area contributed by atoms with Crippen molar-refractivity contribution in [1.29, 1.82) is 0 Å². The van der Waals surface area contributed by atoms with Gasteiger partial charge >= 0.3 is 24.1 Å². The summed E-state index contributed by atoms with van der Waals surface area (Å²) in [6, 6.07) is -0.731. The molecule has 7 aromatic rings. The standard InChI is InChI=1S/C14H14N6O2S.C12H12N6OS.C11H10N6O2S.C9H11IN2O2.C5H3NS/c1-2-4-22-20-11-6-10(7-18(8-11)14(20)21)19-9-12(16-17-19)13-15-3-5-23-13;1-16-8-4-9(6-17(5-8)12(16)19)18-7-10(14-15-18)11-13-2-3-20-11;18-11-15-4-7(3-8(5-15)17(11)19)16-6-9(13-14-16)10-12-1-2-20-10;1-2-3-14-12-8-4-7(10)5-11(6-8)9(12)13;1-2-5-6-3-4-7-5/h2-3,5-6,9,11H,1,4,7-8H2;2-4,7-8H,5-6H2,1H3;1-3,6,8,19H,4-5H2;2,4,8H,1,3,5-6H2;1,3-4H. The Hall–Kier alpha value is -8.37. The van der Waals surface area contributed by atoms with Gasteiger partial charge in [-0.05, 0) is 52.8 Å². The van der Waals surface area contributed by atoms with Gasteiger partial charge in [0.05, 0.1) is 99.2 Å². The number of carbonyl (C=O) groups excluding carboxylic acids is 4. The number of urea groups is 4. The number of carbonyl (C=O) groups is 4. The van der Waals surface area contributed by atoms with Crippen molar-refractivity contribution in [3.8, 4) is 44.4 Å². The first-order valence-corrected chi connectivity index (χ1v) is 30.2. The maximum Gasteiger partial charge on any atom is 0.345 e. The van der Waals surface area contributed by atoms with Crippen molar-refractivity contribution >= 4 is 109 Å². The fourth-order valence-corrected chi connectivity index (χ4v) is 12.6. The lowest BCUT2D eigenvalue weighted by molar-refractivity contribution is -0.107. The molecule has 0 spiro atoms. The zero-order valence-corrected chi connectivity index (χ0v) is 49.9. The Labute approximate surface area is 508 Å². The minimum Gasteiger partial charge on any atom is -0.319 e. The van der Waals surface area contributed by atoms with Crippen LogP contribution in [0.3, 0.4) is 0 Å². The summed E-state index contributed by atoms with van der Waals surface area (Å²) in [6.07, 6.45) is 28.6. The molecule has 33 heteroatoms. The number of terminal acetylenes is 1. The fraction of sp³-hybridized carbons (Fsp3) is 0.294. The fourth-order valence-electron chi connectivity index (χ4n) is 9.56. The van der Waals surface area contributed by atoms with E-state index in [-0.39, 0.29) is 48.3 Å². The number of amides is 8. The van der Waals surface area contributed by atoms with Gasteiger partial charge in [0.25, 0.3) is 0 Å². The van der Waals surface area contributed by atoms with Crippen molar-refractivity contribution in [2.75, 3.05) is 72.6 Å². The van der Waals surface area contributed by atoms with E-state index in [0.29, 0.717) is 58.2 Å². The number of hydrogen-bond donors (Lipinski definition) is 1. The summed E-state index contributed by atoms with van der Waals surface area (Å²) in [5.41, 5.74) is 4.87. The van der Waals surface area contributed by atoms with Crippen molar-refractivity contribution in [2.24, 2.45) is 0 Å². The van der Waals surface area contributed by atoms with Crippen molar-refractivity contribution < 1.29 is 34.1 Å². The Kier molecular flexibility index (Phi) is 17.5. The number of nitrogens with zero attached hydrogens (tertiary/aromatic N) is 21. The Morgan fingerprint density at radius 2 is 0.988 bits per heavy atom. The number of aromatic nitrogens is 13. The van der Waals surface area contributed by atoms with Crippen molar-refractivity contribution in [3.05, 3.63) is 123 Å². The highest BCUT2D eigenvalue weighted by molar-refractivity contribution is 14.1. The third kappa shape index (κ3) is 12.4. The van der Waals surface area contributed by atoms with Gasteiger partial charge in [-0.25, -0.2) is 53.2 Å². The van der Waals surface area contributed by atoms with Crippen molar-refractivity contribution in [1.82, 2.24) is 105 Å². The molecule has 84 heavy (non-hydrogen) atoms. The molecular weight excluding hydrogens is 1270 g/mol. The van der Waals surface area contributed by atoms with E-state index in [1.54, 1.807) is 76.8 Å². The van der Waals surface area contributed by atoms with Crippen LogP contribution in [0.15, 0.2) is 118 Å². The Bertz CT molecular complexity index is 3560. The first-order chi connectivity index (χ1) is 40.9. The van der Waals surface area contributed by atoms with Crippen LogP contribution in [0.5, 0.6) is 0 Å². The summed E-state index contributed by atoms with van der Waals surface area (Å²) in [4.78, 5) is 83.4. The lowest BCUT2D eigenvalue weighted by Crippen LogP contribution is -2.33. The van der Waals surface area contributed by atoms with E-state index in [2.05, 4.69) is 105 Å². The van der Waals surface area contributed by atoms with Crippen LogP contribution in [0.1, 0.15) is 5.01 Å². The van der Waals surface area contributed by atoms with Gasteiger partial charge in [0, 0.05) is 83.1 Å². The molecule has 28 nitrogen and oxygen atoms in total. The molecule has 15 rings (SSSR count). The van der Waals surface area contributed by atoms with Gasteiger partial charge in [-0.3, -0.25) is 14.9 Å². The zero-order chi connectivity index (χ0) is 58.4. The molecule has 8 bridgehead atoms. The number of rotatable bonds is 12.